The number of carbonyl (C=O) groups is 1. The maximum Gasteiger partial charge on any atom is 0.179 e. The summed E-state index contributed by atoms with van der Waals surface area (Å²) in [6, 6.07) is 2.56. The lowest BCUT2D eigenvalue weighted by atomic mass is 10.0. The van der Waals surface area contributed by atoms with Crippen molar-refractivity contribution in [3.8, 4) is 0 Å². The van der Waals surface area contributed by atoms with Crippen LogP contribution in [0.1, 0.15) is 31.1 Å². The Hall–Kier alpha value is -1.33. The Balaban J connectivity index is 2.84. The van der Waals surface area contributed by atoms with Crippen molar-refractivity contribution in [1.29, 1.82) is 0 Å². The summed E-state index contributed by atoms with van der Waals surface area (Å²) in [5, 5.41) is 9.71. The summed E-state index contributed by atoms with van der Waals surface area (Å²) in [7, 11) is 1.69. The Morgan fingerprint density at radius 3 is 2.42 bits per heavy atom. The predicted molar refractivity (Wildman–Crippen MR) is 69.1 cm³/mol. The number of Topliss-reactive ketones (excluding diaryl/α,β-unsaturated/α-hetero) is 1. The maximum absolute atomic E-state index is 13.1. The fraction of sp³-hybridized carbons (Fsp3) is 0.500. The molecule has 0 saturated carbocycles. The normalized spacial score (nSPS) is 13.7. The minimum absolute atomic E-state index is 0.119. The zero-order valence-electron chi connectivity index (χ0n) is 11.6. The summed E-state index contributed by atoms with van der Waals surface area (Å²) in [6.45, 7) is 5.23. The molecule has 3 nitrogen and oxygen atoms in total. The number of hydrogen-bond acceptors (Lipinski definition) is 3. The summed E-state index contributed by atoms with van der Waals surface area (Å²) in [4.78, 5) is 13.8. The van der Waals surface area contributed by atoms with Crippen LogP contribution in [0.25, 0.3) is 0 Å². The molecule has 0 aliphatic rings. The van der Waals surface area contributed by atoms with Crippen LogP contribution in [0.5, 0.6) is 0 Å². The number of aliphatic hydroxyl groups is 1. The first-order valence-corrected chi connectivity index (χ1v) is 6.03. The number of hydrogen-bond donors (Lipinski definition) is 1. The second kappa shape index (κ2) is 5.75. The third kappa shape index (κ3) is 4.36. The number of benzene rings is 1. The van der Waals surface area contributed by atoms with Crippen LogP contribution in [0.2, 0.25) is 0 Å². The van der Waals surface area contributed by atoms with Gasteiger partial charge in [-0.2, -0.15) is 0 Å². The molecule has 0 bridgehead atoms. The fourth-order valence-corrected chi connectivity index (χ4v) is 1.84. The van der Waals surface area contributed by atoms with Crippen molar-refractivity contribution in [2.75, 3.05) is 13.6 Å². The van der Waals surface area contributed by atoms with E-state index in [2.05, 4.69) is 0 Å². The zero-order valence-corrected chi connectivity index (χ0v) is 11.6. The van der Waals surface area contributed by atoms with Crippen LogP contribution in [0.3, 0.4) is 0 Å². The largest absolute Gasteiger partial charge is 0.389 e. The molecule has 0 amide bonds. The van der Waals surface area contributed by atoms with Gasteiger partial charge in [-0.1, -0.05) is 0 Å². The molecular formula is C14H19F2NO2. The molecule has 1 atom stereocenters. The molecule has 0 fully saturated rings. The van der Waals surface area contributed by atoms with Crippen molar-refractivity contribution < 1.29 is 18.7 Å². The number of halogens is 2. The van der Waals surface area contributed by atoms with Gasteiger partial charge in [-0.05, 0) is 46.0 Å². The van der Waals surface area contributed by atoms with Crippen molar-refractivity contribution in [3.05, 3.63) is 35.4 Å². The average Bonchev–Trinajstić information content (AvgIpc) is 2.28. The van der Waals surface area contributed by atoms with Gasteiger partial charge in [-0.3, -0.25) is 9.69 Å². The van der Waals surface area contributed by atoms with Crippen molar-refractivity contribution in [2.45, 2.75) is 32.4 Å². The van der Waals surface area contributed by atoms with E-state index in [9.17, 15) is 18.7 Å². The molecule has 0 heterocycles. The second-order valence-electron chi connectivity index (χ2n) is 5.40. The van der Waals surface area contributed by atoms with Gasteiger partial charge in [0, 0.05) is 12.1 Å². The van der Waals surface area contributed by atoms with Crippen molar-refractivity contribution >= 4 is 5.78 Å². The molecule has 1 unspecified atom stereocenters. The van der Waals surface area contributed by atoms with E-state index in [-0.39, 0.29) is 11.3 Å². The minimum Gasteiger partial charge on any atom is -0.389 e. The van der Waals surface area contributed by atoms with Crippen LogP contribution in [-0.2, 0) is 0 Å². The first-order valence-electron chi connectivity index (χ1n) is 6.03. The third-order valence-electron chi connectivity index (χ3n) is 2.88. The molecule has 0 radical (unpaired) electrons. The van der Waals surface area contributed by atoms with Crippen LogP contribution >= 0.6 is 0 Å². The smallest absolute Gasteiger partial charge is 0.179 e. The fourth-order valence-electron chi connectivity index (χ4n) is 1.84. The molecule has 1 N–H and O–H groups in total. The monoisotopic (exact) mass is 271 g/mol. The van der Waals surface area contributed by atoms with Crippen molar-refractivity contribution in [3.63, 3.8) is 0 Å². The number of rotatable bonds is 5. The molecule has 0 aliphatic heterocycles. The van der Waals surface area contributed by atoms with Gasteiger partial charge in [-0.15, -0.1) is 0 Å². The molecule has 1 aromatic rings. The number of likely N-dealkylation sites (N-methyl/N-ethyl adjacent to an activating group) is 1. The predicted octanol–water partition coefficient (Wildman–Crippen LogP) is 2.24. The zero-order chi connectivity index (χ0) is 14.8. The Labute approximate surface area is 111 Å². The van der Waals surface area contributed by atoms with Crippen molar-refractivity contribution in [2.24, 2.45) is 0 Å². The molecule has 19 heavy (non-hydrogen) atoms. The van der Waals surface area contributed by atoms with Gasteiger partial charge in [0.2, 0.25) is 0 Å². The first-order chi connectivity index (χ1) is 8.61. The van der Waals surface area contributed by atoms with E-state index in [1.807, 2.05) is 0 Å². The Bertz CT molecular complexity index is 469. The summed E-state index contributed by atoms with van der Waals surface area (Å²) in [5.41, 5.74) is -0.814. The molecule has 0 aromatic heterocycles. The van der Waals surface area contributed by atoms with E-state index in [4.69, 9.17) is 0 Å². The molecule has 0 aliphatic carbocycles. The summed E-state index contributed by atoms with van der Waals surface area (Å²) >= 11 is 0. The van der Waals surface area contributed by atoms with Crippen LogP contribution < -0.4 is 0 Å². The standard InChI is InChI=1S/C14H19F2NO2/c1-9(17(4)8-14(2,3)19)13(18)10-5-6-11(15)12(16)7-10/h5-7,9,19H,8H2,1-4H3. The average molecular weight is 271 g/mol. The third-order valence-corrected chi connectivity index (χ3v) is 2.88. The highest BCUT2D eigenvalue weighted by atomic mass is 19.2. The first kappa shape index (κ1) is 15.7. The highest BCUT2D eigenvalue weighted by Gasteiger charge is 2.25. The quantitative estimate of drug-likeness (QED) is 0.835. The van der Waals surface area contributed by atoms with E-state index in [1.54, 1.807) is 32.7 Å². The molecule has 0 spiro atoms. The van der Waals surface area contributed by atoms with E-state index in [0.717, 1.165) is 12.1 Å². The lowest BCUT2D eigenvalue weighted by molar-refractivity contribution is 0.0329. The number of ketones is 1. The van der Waals surface area contributed by atoms with E-state index in [0.29, 0.717) is 6.54 Å². The highest BCUT2D eigenvalue weighted by molar-refractivity contribution is 5.99. The SMILES string of the molecule is CC(C(=O)c1ccc(F)c(F)c1)N(C)CC(C)(C)O. The summed E-state index contributed by atoms with van der Waals surface area (Å²) in [5.74, 6) is -2.33. The lowest BCUT2D eigenvalue weighted by Crippen LogP contribution is -2.44. The van der Waals surface area contributed by atoms with Gasteiger partial charge < -0.3 is 5.11 Å². The lowest BCUT2D eigenvalue weighted by Gasteiger charge is -2.29. The van der Waals surface area contributed by atoms with Gasteiger partial charge in [0.25, 0.3) is 0 Å². The van der Waals surface area contributed by atoms with E-state index in [1.165, 1.54) is 6.07 Å². The summed E-state index contributed by atoms with van der Waals surface area (Å²) in [6.07, 6.45) is 0. The molecule has 1 rings (SSSR count). The van der Waals surface area contributed by atoms with Crippen LogP contribution in [-0.4, -0.2) is 41.0 Å². The van der Waals surface area contributed by atoms with E-state index < -0.39 is 23.3 Å². The van der Waals surface area contributed by atoms with Gasteiger partial charge in [0.05, 0.1) is 11.6 Å². The molecule has 1 aromatic carbocycles. The molecule has 5 heteroatoms. The Kier molecular flexibility index (Phi) is 4.76. The van der Waals surface area contributed by atoms with Gasteiger partial charge in [-0.25, -0.2) is 8.78 Å². The molecule has 0 saturated heterocycles. The van der Waals surface area contributed by atoms with Gasteiger partial charge in [0.15, 0.2) is 17.4 Å². The van der Waals surface area contributed by atoms with Gasteiger partial charge in [0.1, 0.15) is 0 Å². The Morgan fingerprint density at radius 1 is 1.37 bits per heavy atom. The maximum atomic E-state index is 13.1. The van der Waals surface area contributed by atoms with Crippen LogP contribution in [0, 0.1) is 11.6 Å². The minimum atomic E-state index is -1.04. The second-order valence-corrected chi connectivity index (χ2v) is 5.40. The van der Waals surface area contributed by atoms with Gasteiger partial charge >= 0.3 is 0 Å². The topological polar surface area (TPSA) is 40.5 Å². The highest BCUT2D eigenvalue weighted by Crippen LogP contribution is 2.14. The van der Waals surface area contributed by atoms with E-state index >= 15 is 0 Å². The van der Waals surface area contributed by atoms with Crippen molar-refractivity contribution in [1.82, 2.24) is 4.90 Å². The van der Waals surface area contributed by atoms with Crippen LogP contribution in [0.15, 0.2) is 18.2 Å². The number of nitrogens with zero attached hydrogens (tertiary/aromatic N) is 1. The molecule has 106 valence electrons. The summed E-state index contributed by atoms with van der Waals surface area (Å²) < 4.78 is 25.9. The van der Waals surface area contributed by atoms with Crippen LogP contribution in [0.4, 0.5) is 8.78 Å². The number of carbonyl (C=O) groups excluding carboxylic acids is 1. The Morgan fingerprint density at radius 2 is 1.95 bits per heavy atom. The molecular weight excluding hydrogens is 252 g/mol.